The summed E-state index contributed by atoms with van der Waals surface area (Å²) in [6.07, 6.45) is 0. The first-order valence-corrected chi connectivity index (χ1v) is 6.48. The number of halogens is 2. The first kappa shape index (κ1) is 12.6. The molecule has 0 aliphatic heterocycles. The van der Waals surface area contributed by atoms with Crippen LogP contribution in [0.25, 0.3) is 0 Å². The second-order valence-electron chi connectivity index (χ2n) is 3.75. The van der Waals surface area contributed by atoms with Gasteiger partial charge in [0.2, 0.25) is 0 Å². The van der Waals surface area contributed by atoms with Gasteiger partial charge < -0.3 is 4.74 Å². The van der Waals surface area contributed by atoms with Crippen LogP contribution in [0.15, 0.2) is 53.0 Å². The Morgan fingerprint density at radius 2 is 1.65 bits per heavy atom. The van der Waals surface area contributed by atoms with Gasteiger partial charge in [-0.1, -0.05) is 51.8 Å². The molecular formula is C14H12BrClO. The normalized spacial score (nSPS) is 10.5. The lowest BCUT2D eigenvalue weighted by Gasteiger charge is -2.05. The van der Waals surface area contributed by atoms with Gasteiger partial charge in [-0.3, -0.25) is 0 Å². The van der Waals surface area contributed by atoms with E-state index >= 15 is 0 Å². The largest absolute Gasteiger partial charge is 0.372 e. The van der Waals surface area contributed by atoms with Crippen LogP contribution in [0, 0.1) is 0 Å². The Balaban J connectivity index is 1.85. The van der Waals surface area contributed by atoms with Gasteiger partial charge in [0, 0.05) is 9.50 Å². The summed E-state index contributed by atoms with van der Waals surface area (Å²) in [5.74, 6) is 0. The SMILES string of the molecule is Clc1cccc(COCc2ccc(Br)cc2)c1. The lowest BCUT2D eigenvalue weighted by molar-refractivity contribution is 0.107. The van der Waals surface area contributed by atoms with Crippen molar-refractivity contribution in [3.63, 3.8) is 0 Å². The van der Waals surface area contributed by atoms with Crippen LogP contribution in [0.4, 0.5) is 0 Å². The van der Waals surface area contributed by atoms with Gasteiger partial charge in [-0.25, -0.2) is 0 Å². The Bertz CT molecular complexity index is 482. The fourth-order valence-electron chi connectivity index (χ4n) is 1.49. The van der Waals surface area contributed by atoms with Gasteiger partial charge in [0.05, 0.1) is 13.2 Å². The molecule has 0 unspecified atom stereocenters. The molecule has 3 heteroatoms. The molecule has 2 aromatic rings. The molecule has 0 radical (unpaired) electrons. The number of hydrogen-bond acceptors (Lipinski definition) is 1. The van der Waals surface area contributed by atoms with Crippen molar-refractivity contribution >= 4 is 27.5 Å². The number of rotatable bonds is 4. The van der Waals surface area contributed by atoms with Crippen LogP contribution in [0.2, 0.25) is 5.02 Å². The van der Waals surface area contributed by atoms with E-state index in [1.807, 2.05) is 48.5 Å². The van der Waals surface area contributed by atoms with Gasteiger partial charge >= 0.3 is 0 Å². The predicted octanol–water partition coefficient (Wildman–Crippen LogP) is 4.82. The summed E-state index contributed by atoms with van der Waals surface area (Å²) in [5, 5.41) is 0.745. The Morgan fingerprint density at radius 1 is 0.941 bits per heavy atom. The molecule has 1 nitrogen and oxygen atoms in total. The van der Waals surface area contributed by atoms with Crippen molar-refractivity contribution in [1.82, 2.24) is 0 Å². The van der Waals surface area contributed by atoms with Gasteiger partial charge in [0.25, 0.3) is 0 Å². The molecule has 0 N–H and O–H groups in total. The van der Waals surface area contributed by atoms with Gasteiger partial charge in [-0.2, -0.15) is 0 Å². The topological polar surface area (TPSA) is 9.23 Å². The fraction of sp³-hybridized carbons (Fsp3) is 0.143. The minimum absolute atomic E-state index is 0.580. The predicted molar refractivity (Wildman–Crippen MR) is 74.1 cm³/mol. The van der Waals surface area contributed by atoms with Crippen molar-refractivity contribution in [2.75, 3.05) is 0 Å². The Labute approximate surface area is 115 Å². The average molecular weight is 312 g/mol. The van der Waals surface area contributed by atoms with Crippen molar-refractivity contribution in [3.05, 3.63) is 69.2 Å². The maximum absolute atomic E-state index is 5.90. The molecule has 2 rings (SSSR count). The molecule has 0 saturated carbocycles. The Kier molecular flexibility index (Phi) is 4.60. The second kappa shape index (κ2) is 6.20. The molecule has 0 spiro atoms. The Morgan fingerprint density at radius 3 is 2.35 bits per heavy atom. The van der Waals surface area contributed by atoms with E-state index in [1.165, 1.54) is 0 Å². The smallest absolute Gasteiger partial charge is 0.0721 e. The van der Waals surface area contributed by atoms with Crippen LogP contribution in [0.1, 0.15) is 11.1 Å². The summed E-state index contributed by atoms with van der Waals surface area (Å²) in [6, 6.07) is 15.8. The van der Waals surface area contributed by atoms with Crippen molar-refractivity contribution < 1.29 is 4.74 Å². The van der Waals surface area contributed by atoms with Crippen molar-refractivity contribution in [2.45, 2.75) is 13.2 Å². The third-order valence-electron chi connectivity index (χ3n) is 2.34. The van der Waals surface area contributed by atoms with Crippen LogP contribution in [-0.2, 0) is 18.0 Å². The zero-order valence-electron chi connectivity index (χ0n) is 9.20. The van der Waals surface area contributed by atoms with Crippen LogP contribution in [0.3, 0.4) is 0 Å². The lowest BCUT2D eigenvalue weighted by Crippen LogP contribution is -1.93. The third kappa shape index (κ3) is 4.15. The fourth-order valence-corrected chi connectivity index (χ4v) is 1.97. The summed E-state index contributed by atoms with van der Waals surface area (Å²) in [4.78, 5) is 0. The molecule has 88 valence electrons. The van der Waals surface area contributed by atoms with Crippen LogP contribution >= 0.6 is 27.5 Å². The first-order chi connectivity index (χ1) is 8.24. The van der Waals surface area contributed by atoms with E-state index in [9.17, 15) is 0 Å². The second-order valence-corrected chi connectivity index (χ2v) is 5.10. The summed E-state index contributed by atoms with van der Waals surface area (Å²) < 4.78 is 6.71. The van der Waals surface area contributed by atoms with E-state index in [0.29, 0.717) is 13.2 Å². The minimum atomic E-state index is 0.580. The van der Waals surface area contributed by atoms with E-state index < -0.39 is 0 Å². The Hall–Kier alpha value is -0.830. The van der Waals surface area contributed by atoms with E-state index in [4.69, 9.17) is 16.3 Å². The zero-order valence-corrected chi connectivity index (χ0v) is 11.5. The molecule has 0 aliphatic carbocycles. The molecule has 0 heterocycles. The summed E-state index contributed by atoms with van der Waals surface area (Å²) in [7, 11) is 0. The lowest BCUT2D eigenvalue weighted by atomic mass is 10.2. The van der Waals surface area contributed by atoms with E-state index in [-0.39, 0.29) is 0 Å². The van der Waals surface area contributed by atoms with Crippen LogP contribution in [-0.4, -0.2) is 0 Å². The van der Waals surface area contributed by atoms with Gasteiger partial charge in [-0.15, -0.1) is 0 Å². The molecule has 17 heavy (non-hydrogen) atoms. The molecule has 0 bridgehead atoms. The van der Waals surface area contributed by atoms with Crippen LogP contribution in [0.5, 0.6) is 0 Å². The van der Waals surface area contributed by atoms with Crippen molar-refractivity contribution in [3.8, 4) is 0 Å². The molecule has 0 saturated heterocycles. The number of hydrogen-bond donors (Lipinski definition) is 0. The molecule has 0 amide bonds. The van der Waals surface area contributed by atoms with Crippen molar-refractivity contribution in [1.29, 1.82) is 0 Å². The van der Waals surface area contributed by atoms with E-state index in [2.05, 4.69) is 15.9 Å². The van der Waals surface area contributed by atoms with Gasteiger partial charge in [0.1, 0.15) is 0 Å². The van der Waals surface area contributed by atoms with E-state index in [0.717, 1.165) is 20.6 Å². The van der Waals surface area contributed by atoms with E-state index in [1.54, 1.807) is 0 Å². The number of ether oxygens (including phenoxy) is 1. The highest BCUT2D eigenvalue weighted by molar-refractivity contribution is 9.10. The quantitative estimate of drug-likeness (QED) is 0.786. The third-order valence-corrected chi connectivity index (χ3v) is 3.10. The highest BCUT2D eigenvalue weighted by Crippen LogP contribution is 2.14. The highest BCUT2D eigenvalue weighted by atomic mass is 79.9. The molecule has 0 fully saturated rings. The summed E-state index contributed by atoms with van der Waals surface area (Å²) in [6.45, 7) is 1.19. The molecule has 0 aromatic heterocycles. The van der Waals surface area contributed by atoms with Crippen LogP contribution < -0.4 is 0 Å². The average Bonchev–Trinajstić information content (AvgIpc) is 2.32. The summed E-state index contributed by atoms with van der Waals surface area (Å²) in [5.41, 5.74) is 2.25. The first-order valence-electron chi connectivity index (χ1n) is 5.31. The van der Waals surface area contributed by atoms with Gasteiger partial charge in [-0.05, 0) is 35.4 Å². The maximum atomic E-state index is 5.90. The molecule has 0 aliphatic rings. The molecule has 2 aromatic carbocycles. The monoisotopic (exact) mass is 310 g/mol. The molecule has 0 atom stereocenters. The minimum Gasteiger partial charge on any atom is -0.372 e. The number of benzene rings is 2. The maximum Gasteiger partial charge on any atom is 0.0721 e. The zero-order chi connectivity index (χ0) is 12.1. The van der Waals surface area contributed by atoms with Crippen molar-refractivity contribution in [2.24, 2.45) is 0 Å². The van der Waals surface area contributed by atoms with Gasteiger partial charge in [0.15, 0.2) is 0 Å². The molecular weight excluding hydrogens is 300 g/mol. The highest BCUT2D eigenvalue weighted by Gasteiger charge is 1.96. The standard InChI is InChI=1S/C14H12BrClO/c15-13-6-4-11(5-7-13)9-17-10-12-2-1-3-14(16)8-12/h1-8H,9-10H2. The summed E-state index contributed by atoms with van der Waals surface area (Å²) >= 11 is 9.30.